The normalized spacial score (nSPS) is 10.8. The van der Waals surface area contributed by atoms with Crippen LogP contribution in [0.15, 0.2) is 88.3 Å². The summed E-state index contributed by atoms with van der Waals surface area (Å²) in [7, 11) is 0. The van der Waals surface area contributed by atoms with Crippen molar-refractivity contribution < 1.29 is 0 Å². The van der Waals surface area contributed by atoms with Crippen LogP contribution in [0, 0.1) is 0 Å². The van der Waals surface area contributed by atoms with Crippen LogP contribution in [0.1, 0.15) is 5.56 Å². The number of nitrogens with one attached hydrogen (secondary N) is 1. The third-order valence-corrected chi connectivity index (χ3v) is 3.99. The van der Waals surface area contributed by atoms with Gasteiger partial charge in [0.15, 0.2) is 0 Å². The average molecular weight is 365 g/mol. The number of benzene rings is 3. The van der Waals surface area contributed by atoms with Crippen molar-refractivity contribution in [2.24, 2.45) is 4.99 Å². The number of hydrogen-bond donors (Lipinski definition) is 1. The zero-order valence-corrected chi connectivity index (χ0v) is 14.2. The van der Waals surface area contributed by atoms with Crippen LogP contribution in [-0.2, 0) is 6.54 Å². The van der Waals surface area contributed by atoms with Gasteiger partial charge < -0.3 is 5.32 Å². The first-order valence-electron chi connectivity index (χ1n) is 7.47. The van der Waals surface area contributed by atoms with Crippen LogP contribution in [0.2, 0.25) is 0 Å². The molecule has 0 spiro atoms. The highest BCUT2D eigenvalue weighted by Gasteiger charge is 2.04. The smallest absolute Gasteiger partial charge is 0.0872 e. The van der Waals surface area contributed by atoms with Gasteiger partial charge in [-0.2, -0.15) is 0 Å². The number of hydrogen-bond acceptors (Lipinski definition) is 1. The molecule has 1 N–H and O–H groups in total. The van der Waals surface area contributed by atoms with E-state index in [-0.39, 0.29) is 0 Å². The van der Waals surface area contributed by atoms with Crippen LogP contribution in [0.5, 0.6) is 0 Å². The Kier molecular flexibility index (Phi) is 5.22. The first kappa shape index (κ1) is 15.5. The van der Waals surface area contributed by atoms with Gasteiger partial charge in [-0.3, -0.25) is 4.99 Å². The summed E-state index contributed by atoms with van der Waals surface area (Å²) in [5, 5.41) is 3.30. The number of nitrogens with zero attached hydrogens (tertiary/aromatic N) is 1. The van der Waals surface area contributed by atoms with Crippen LogP contribution in [0.3, 0.4) is 0 Å². The maximum Gasteiger partial charge on any atom is 0.0872 e. The van der Waals surface area contributed by atoms with Gasteiger partial charge in [0.1, 0.15) is 0 Å². The number of anilines is 1. The van der Waals surface area contributed by atoms with Crippen LogP contribution < -0.4 is 5.32 Å². The highest BCUT2D eigenvalue weighted by molar-refractivity contribution is 9.10. The molecular weight excluding hydrogens is 348 g/mol. The van der Waals surface area contributed by atoms with Gasteiger partial charge in [-0.25, -0.2) is 0 Å². The van der Waals surface area contributed by atoms with Gasteiger partial charge in [0.05, 0.1) is 12.9 Å². The van der Waals surface area contributed by atoms with Gasteiger partial charge in [-0.05, 0) is 29.3 Å². The molecule has 0 aliphatic heterocycles. The van der Waals surface area contributed by atoms with E-state index in [2.05, 4.69) is 62.6 Å². The van der Waals surface area contributed by atoms with E-state index in [9.17, 15) is 0 Å². The standard InChI is InChI=1S/C20H17BrN2/c21-18-11-12-20(19(13-18)17-9-5-2-6-10-17)23-15-22-14-16-7-3-1-4-8-16/h1-13,15H,14H2,(H,22,23). The molecule has 0 saturated carbocycles. The molecule has 0 radical (unpaired) electrons. The van der Waals surface area contributed by atoms with Crippen molar-refractivity contribution in [3.8, 4) is 11.1 Å². The summed E-state index contributed by atoms with van der Waals surface area (Å²) in [6, 6.07) is 26.7. The predicted molar refractivity (Wildman–Crippen MR) is 102 cm³/mol. The molecule has 0 unspecified atom stereocenters. The van der Waals surface area contributed by atoms with Crippen molar-refractivity contribution in [3.63, 3.8) is 0 Å². The molecule has 3 aromatic carbocycles. The Morgan fingerprint density at radius 2 is 1.57 bits per heavy atom. The highest BCUT2D eigenvalue weighted by Crippen LogP contribution is 2.30. The van der Waals surface area contributed by atoms with Crippen molar-refractivity contribution in [1.29, 1.82) is 0 Å². The molecule has 2 nitrogen and oxygen atoms in total. The molecule has 3 heteroatoms. The van der Waals surface area contributed by atoms with Gasteiger partial charge in [-0.1, -0.05) is 76.6 Å². The zero-order chi connectivity index (χ0) is 15.9. The fraction of sp³-hybridized carbons (Fsp3) is 0.0500. The van der Waals surface area contributed by atoms with Crippen LogP contribution in [0.25, 0.3) is 11.1 Å². The maximum absolute atomic E-state index is 4.45. The Morgan fingerprint density at radius 1 is 0.870 bits per heavy atom. The molecule has 0 saturated heterocycles. The fourth-order valence-corrected chi connectivity index (χ4v) is 2.71. The summed E-state index contributed by atoms with van der Waals surface area (Å²) in [5.41, 5.74) is 4.56. The molecule has 3 rings (SSSR count). The topological polar surface area (TPSA) is 24.4 Å². The lowest BCUT2D eigenvalue weighted by Crippen LogP contribution is -1.98. The van der Waals surface area contributed by atoms with Crippen molar-refractivity contribution in [1.82, 2.24) is 0 Å². The third kappa shape index (κ3) is 4.30. The minimum absolute atomic E-state index is 0.672. The number of rotatable bonds is 5. The summed E-state index contributed by atoms with van der Waals surface area (Å²) in [4.78, 5) is 4.45. The molecule has 0 heterocycles. The molecule has 0 fully saturated rings. The van der Waals surface area contributed by atoms with Crippen LogP contribution >= 0.6 is 15.9 Å². The second-order valence-corrected chi connectivity index (χ2v) is 6.07. The summed E-state index contributed by atoms with van der Waals surface area (Å²) in [5.74, 6) is 0. The first-order chi connectivity index (χ1) is 11.3. The summed E-state index contributed by atoms with van der Waals surface area (Å²) < 4.78 is 1.06. The molecule has 23 heavy (non-hydrogen) atoms. The Hall–Kier alpha value is -2.39. The maximum atomic E-state index is 4.45. The Bertz CT molecular complexity index is 783. The largest absolute Gasteiger partial charge is 0.346 e. The van der Waals surface area contributed by atoms with Crippen molar-refractivity contribution in [2.75, 3.05) is 5.32 Å². The van der Waals surface area contributed by atoms with Crippen molar-refractivity contribution in [3.05, 3.63) is 88.9 Å². The molecule has 0 atom stereocenters. The minimum atomic E-state index is 0.672. The van der Waals surface area contributed by atoms with Gasteiger partial charge >= 0.3 is 0 Å². The molecule has 0 amide bonds. The molecule has 0 aromatic heterocycles. The van der Waals surface area contributed by atoms with Gasteiger partial charge in [0.2, 0.25) is 0 Å². The number of halogens is 1. The first-order valence-corrected chi connectivity index (χ1v) is 8.26. The highest BCUT2D eigenvalue weighted by atomic mass is 79.9. The molecule has 114 valence electrons. The molecule has 0 bridgehead atoms. The lowest BCUT2D eigenvalue weighted by Gasteiger charge is -2.10. The van der Waals surface area contributed by atoms with Gasteiger partial charge in [0.25, 0.3) is 0 Å². The Balaban J connectivity index is 1.75. The summed E-state index contributed by atoms with van der Waals surface area (Å²) >= 11 is 3.54. The van der Waals surface area contributed by atoms with Crippen molar-refractivity contribution >= 4 is 28.0 Å². The summed E-state index contributed by atoms with van der Waals surface area (Å²) in [6.45, 7) is 0.672. The Labute approximate surface area is 145 Å². The van der Waals surface area contributed by atoms with E-state index in [1.807, 2.05) is 42.5 Å². The fourth-order valence-electron chi connectivity index (χ4n) is 2.35. The Morgan fingerprint density at radius 3 is 2.30 bits per heavy atom. The minimum Gasteiger partial charge on any atom is -0.346 e. The van der Waals surface area contributed by atoms with E-state index in [1.54, 1.807) is 6.34 Å². The number of aliphatic imine (C=N–C) groups is 1. The van der Waals surface area contributed by atoms with Crippen LogP contribution in [0.4, 0.5) is 5.69 Å². The van der Waals surface area contributed by atoms with E-state index in [4.69, 9.17) is 0 Å². The molecule has 0 aliphatic rings. The lowest BCUT2D eigenvalue weighted by atomic mass is 10.0. The monoisotopic (exact) mass is 364 g/mol. The van der Waals surface area contributed by atoms with E-state index in [1.165, 1.54) is 11.1 Å². The summed E-state index contributed by atoms with van der Waals surface area (Å²) in [6.07, 6.45) is 1.77. The predicted octanol–water partition coefficient (Wildman–Crippen LogP) is 5.76. The SMILES string of the molecule is Brc1ccc(NC=NCc2ccccc2)c(-c2ccccc2)c1. The van der Waals surface area contributed by atoms with E-state index in [0.717, 1.165) is 15.7 Å². The molecule has 3 aromatic rings. The second kappa shape index (κ2) is 7.75. The average Bonchev–Trinajstić information content (AvgIpc) is 2.61. The van der Waals surface area contributed by atoms with E-state index >= 15 is 0 Å². The van der Waals surface area contributed by atoms with Crippen molar-refractivity contribution in [2.45, 2.75) is 6.54 Å². The zero-order valence-electron chi connectivity index (χ0n) is 12.6. The second-order valence-electron chi connectivity index (χ2n) is 5.16. The lowest BCUT2D eigenvalue weighted by molar-refractivity contribution is 1.08. The third-order valence-electron chi connectivity index (χ3n) is 3.49. The van der Waals surface area contributed by atoms with Gasteiger partial charge in [0, 0.05) is 15.7 Å². The molecule has 0 aliphatic carbocycles. The van der Waals surface area contributed by atoms with Crippen LogP contribution in [-0.4, -0.2) is 6.34 Å². The van der Waals surface area contributed by atoms with Gasteiger partial charge in [-0.15, -0.1) is 0 Å². The van der Waals surface area contributed by atoms with E-state index in [0.29, 0.717) is 6.54 Å². The molecular formula is C20H17BrN2. The van der Waals surface area contributed by atoms with E-state index < -0.39 is 0 Å². The quantitative estimate of drug-likeness (QED) is 0.451.